The van der Waals surface area contributed by atoms with Gasteiger partial charge in [-0.2, -0.15) is 0 Å². The number of esters is 1. The SMILES string of the molecule is CCOC(=O)/C(C)=C\[C@H]1C[C@@H]1c1ccccc1. The van der Waals surface area contributed by atoms with Crippen LogP contribution in [0.5, 0.6) is 0 Å². The fourth-order valence-electron chi connectivity index (χ4n) is 2.12. The minimum absolute atomic E-state index is 0.189. The van der Waals surface area contributed by atoms with Gasteiger partial charge in [-0.05, 0) is 37.7 Å². The fraction of sp³-hybridized carbons (Fsp3) is 0.400. The lowest BCUT2D eigenvalue weighted by Gasteiger charge is -2.01. The summed E-state index contributed by atoms with van der Waals surface area (Å²) in [5.41, 5.74) is 2.10. The van der Waals surface area contributed by atoms with Crippen molar-refractivity contribution in [2.75, 3.05) is 6.61 Å². The van der Waals surface area contributed by atoms with E-state index < -0.39 is 0 Å². The second-order valence-electron chi connectivity index (χ2n) is 4.49. The first-order valence-corrected chi connectivity index (χ1v) is 6.13. The molecule has 2 rings (SSSR count). The molecule has 0 N–H and O–H groups in total. The van der Waals surface area contributed by atoms with Crippen LogP contribution in [0, 0.1) is 5.92 Å². The summed E-state index contributed by atoms with van der Waals surface area (Å²) >= 11 is 0. The molecule has 1 fully saturated rings. The van der Waals surface area contributed by atoms with Crippen molar-refractivity contribution in [1.29, 1.82) is 0 Å². The summed E-state index contributed by atoms with van der Waals surface area (Å²) in [5, 5.41) is 0. The lowest BCUT2D eigenvalue weighted by molar-refractivity contribution is -0.138. The summed E-state index contributed by atoms with van der Waals surface area (Å²) in [5.74, 6) is 0.897. The van der Waals surface area contributed by atoms with Crippen molar-refractivity contribution in [3.8, 4) is 0 Å². The largest absolute Gasteiger partial charge is 0.463 e. The average molecular weight is 230 g/mol. The maximum atomic E-state index is 11.5. The summed E-state index contributed by atoms with van der Waals surface area (Å²) < 4.78 is 4.97. The van der Waals surface area contributed by atoms with Crippen molar-refractivity contribution < 1.29 is 9.53 Å². The van der Waals surface area contributed by atoms with Crippen molar-refractivity contribution in [3.05, 3.63) is 47.5 Å². The van der Waals surface area contributed by atoms with Crippen LogP contribution in [-0.4, -0.2) is 12.6 Å². The van der Waals surface area contributed by atoms with Crippen molar-refractivity contribution in [2.24, 2.45) is 5.92 Å². The van der Waals surface area contributed by atoms with E-state index in [9.17, 15) is 4.79 Å². The van der Waals surface area contributed by atoms with Crippen molar-refractivity contribution >= 4 is 5.97 Å². The van der Waals surface area contributed by atoms with Gasteiger partial charge in [0.25, 0.3) is 0 Å². The summed E-state index contributed by atoms with van der Waals surface area (Å²) in [6.07, 6.45) is 3.19. The third kappa shape index (κ3) is 2.96. The lowest BCUT2D eigenvalue weighted by atomic mass is 10.1. The van der Waals surface area contributed by atoms with Crippen LogP contribution in [0.15, 0.2) is 42.0 Å². The second kappa shape index (κ2) is 5.17. The molecule has 0 aromatic heterocycles. The van der Waals surface area contributed by atoms with Gasteiger partial charge in [0.05, 0.1) is 6.61 Å². The van der Waals surface area contributed by atoms with E-state index in [0.29, 0.717) is 18.4 Å². The smallest absolute Gasteiger partial charge is 0.333 e. The zero-order valence-electron chi connectivity index (χ0n) is 10.3. The summed E-state index contributed by atoms with van der Waals surface area (Å²) in [4.78, 5) is 11.5. The molecule has 1 aromatic rings. The molecular formula is C15H18O2. The molecule has 0 unspecified atom stereocenters. The van der Waals surface area contributed by atoms with Crippen LogP contribution >= 0.6 is 0 Å². The van der Waals surface area contributed by atoms with E-state index in [1.165, 1.54) is 5.56 Å². The first kappa shape index (κ1) is 11.9. The number of carbonyl (C=O) groups excluding carboxylic acids is 1. The Morgan fingerprint density at radius 3 is 2.76 bits per heavy atom. The number of allylic oxidation sites excluding steroid dienone is 1. The number of rotatable bonds is 4. The van der Waals surface area contributed by atoms with Crippen LogP contribution in [0.1, 0.15) is 31.7 Å². The van der Waals surface area contributed by atoms with Gasteiger partial charge in [0.1, 0.15) is 0 Å². The number of hydrogen-bond donors (Lipinski definition) is 0. The molecule has 90 valence electrons. The molecule has 1 aliphatic rings. The van der Waals surface area contributed by atoms with Crippen LogP contribution in [0.25, 0.3) is 0 Å². The molecular weight excluding hydrogens is 212 g/mol. The molecule has 1 aliphatic carbocycles. The highest BCUT2D eigenvalue weighted by Crippen LogP contribution is 2.48. The average Bonchev–Trinajstić information content (AvgIpc) is 3.10. The molecule has 0 bridgehead atoms. The zero-order valence-corrected chi connectivity index (χ0v) is 10.3. The Bertz CT molecular complexity index is 420. The van der Waals surface area contributed by atoms with Crippen LogP contribution in [0.3, 0.4) is 0 Å². The van der Waals surface area contributed by atoms with Gasteiger partial charge in [0.15, 0.2) is 0 Å². The van der Waals surface area contributed by atoms with Crippen LogP contribution < -0.4 is 0 Å². The quantitative estimate of drug-likeness (QED) is 0.586. The molecule has 2 atom stereocenters. The number of carbonyl (C=O) groups is 1. The number of hydrogen-bond acceptors (Lipinski definition) is 2. The van der Waals surface area contributed by atoms with Crippen molar-refractivity contribution in [1.82, 2.24) is 0 Å². The highest BCUT2D eigenvalue weighted by Gasteiger charge is 2.36. The van der Waals surface area contributed by atoms with Gasteiger partial charge in [0, 0.05) is 5.57 Å². The monoisotopic (exact) mass is 230 g/mol. The molecule has 0 heterocycles. The Kier molecular flexibility index (Phi) is 3.62. The van der Waals surface area contributed by atoms with E-state index in [2.05, 4.69) is 30.3 Å². The molecule has 2 nitrogen and oxygen atoms in total. The Morgan fingerprint density at radius 1 is 1.41 bits per heavy atom. The second-order valence-corrected chi connectivity index (χ2v) is 4.49. The third-order valence-electron chi connectivity index (χ3n) is 3.13. The minimum atomic E-state index is -0.189. The summed E-state index contributed by atoms with van der Waals surface area (Å²) in [6.45, 7) is 4.10. The van der Waals surface area contributed by atoms with Gasteiger partial charge >= 0.3 is 5.97 Å². The van der Waals surface area contributed by atoms with Gasteiger partial charge in [-0.3, -0.25) is 0 Å². The highest BCUT2D eigenvalue weighted by molar-refractivity contribution is 5.87. The van der Waals surface area contributed by atoms with Gasteiger partial charge in [-0.25, -0.2) is 4.79 Å². The third-order valence-corrected chi connectivity index (χ3v) is 3.13. The molecule has 0 saturated heterocycles. The molecule has 17 heavy (non-hydrogen) atoms. The van der Waals surface area contributed by atoms with E-state index in [0.717, 1.165) is 12.0 Å². The molecule has 0 amide bonds. The van der Waals surface area contributed by atoms with E-state index in [1.807, 2.05) is 19.9 Å². The van der Waals surface area contributed by atoms with Crippen molar-refractivity contribution in [3.63, 3.8) is 0 Å². The van der Waals surface area contributed by atoms with Crippen molar-refractivity contribution in [2.45, 2.75) is 26.2 Å². The lowest BCUT2D eigenvalue weighted by Crippen LogP contribution is -2.05. The van der Waals surface area contributed by atoms with Gasteiger partial charge < -0.3 is 4.74 Å². The standard InChI is InChI=1S/C15H18O2/c1-3-17-15(16)11(2)9-13-10-14(13)12-7-5-4-6-8-12/h4-9,13-14H,3,10H2,1-2H3/b11-9-/t13-,14+/m0/s1. The molecule has 0 radical (unpaired) electrons. The van der Waals surface area contributed by atoms with E-state index in [-0.39, 0.29) is 5.97 Å². The molecule has 0 spiro atoms. The minimum Gasteiger partial charge on any atom is -0.463 e. The topological polar surface area (TPSA) is 26.3 Å². The van der Waals surface area contributed by atoms with Gasteiger partial charge in [-0.15, -0.1) is 0 Å². The van der Waals surface area contributed by atoms with Crippen LogP contribution in [0.2, 0.25) is 0 Å². The van der Waals surface area contributed by atoms with Gasteiger partial charge in [0.2, 0.25) is 0 Å². The Labute approximate surface area is 102 Å². The van der Waals surface area contributed by atoms with E-state index in [1.54, 1.807) is 0 Å². The highest BCUT2D eigenvalue weighted by atomic mass is 16.5. The Hall–Kier alpha value is -1.57. The molecule has 1 saturated carbocycles. The number of benzene rings is 1. The van der Waals surface area contributed by atoms with Crippen LogP contribution in [0.4, 0.5) is 0 Å². The maximum Gasteiger partial charge on any atom is 0.333 e. The Morgan fingerprint density at radius 2 is 2.12 bits per heavy atom. The predicted octanol–water partition coefficient (Wildman–Crippen LogP) is 3.30. The van der Waals surface area contributed by atoms with E-state index >= 15 is 0 Å². The molecule has 2 heteroatoms. The zero-order chi connectivity index (χ0) is 12.3. The first-order chi connectivity index (χ1) is 8.22. The maximum absolute atomic E-state index is 11.5. The predicted molar refractivity (Wildman–Crippen MR) is 67.7 cm³/mol. The summed E-state index contributed by atoms with van der Waals surface area (Å²) in [6, 6.07) is 10.5. The molecule has 0 aliphatic heterocycles. The molecule has 1 aromatic carbocycles. The number of ether oxygens (including phenoxy) is 1. The summed E-state index contributed by atoms with van der Waals surface area (Å²) in [7, 11) is 0. The van der Waals surface area contributed by atoms with Gasteiger partial charge in [-0.1, -0.05) is 36.4 Å². The normalized spacial score (nSPS) is 23.3. The Balaban J connectivity index is 1.95. The first-order valence-electron chi connectivity index (χ1n) is 6.13. The van der Waals surface area contributed by atoms with E-state index in [4.69, 9.17) is 4.74 Å². The fourth-order valence-corrected chi connectivity index (χ4v) is 2.12. The van der Waals surface area contributed by atoms with Crippen LogP contribution in [-0.2, 0) is 9.53 Å².